The monoisotopic (exact) mass is 243 g/mol. The van der Waals surface area contributed by atoms with E-state index in [0.717, 1.165) is 6.07 Å². The number of benzene rings is 1. The number of hydrogen-bond donors (Lipinski definition) is 1. The minimum atomic E-state index is -4.58. The number of nitrogens with one attached hydrogen (secondary N) is 1. The van der Waals surface area contributed by atoms with E-state index in [4.69, 9.17) is 0 Å². The predicted octanol–water partition coefficient (Wildman–Crippen LogP) is 2.23. The zero-order chi connectivity index (χ0) is 12.7. The number of amides is 1. The van der Waals surface area contributed by atoms with Crippen LogP contribution in [0.25, 0.3) is 0 Å². The standard InChI is InChI=1S/C10H8F3N3O/c1-14-8(17)6-3-2-4-7(5-6)9(15-16-9)10(11,12)13/h2-5H,1H3,(H,14,17). The maximum absolute atomic E-state index is 12.7. The molecule has 1 aromatic carbocycles. The predicted molar refractivity (Wildman–Crippen MR) is 52.4 cm³/mol. The molecule has 1 heterocycles. The number of hydrogen-bond acceptors (Lipinski definition) is 3. The zero-order valence-corrected chi connectivity index (χ0v) is 8.75. The maximum atomic E-state index is 12.7. The van der Waals surface area contributed by atoms with Crippen LogP contribution in [0.1, 0.15) is 15.9 Å². The molecule has 1 aromatic rings. The molecule has 90 valence electrons. The van der Waals surface area contributed by atoms with E-state index in [1.807, 2.05) is 0 Å². The third-order valence-corrected chi connectivity index (χ3v) is 2.45. The SMILES string of the molecule is CNC(=O)c1cccc(C2(C(F)(F)F)N=N2)c1. The van der Waals surface area contributed by atoms with Crippen molar-refractivity contribution in [3.05, 3.63) is 35.4 Å². The van der Waals surface area contributed by atoms with Crippen molar-refractivity contribution >= 4 is 5.91 Å². The summed E-state index contributed by atoms with van der Waals surface area (Å²) in [7, 11) is 1.40. The van der Waals surface area contributed by atoms with Gasteiger partial charge in [-0.15, -0.1) is 10.2 Å². The van der Waals surface area contributed by atoms with E-state index in [9.17, 15) is 18.0 Å². The molecule has 1 N–H and O–H groups in total. The third-order valence-electron chi connectivity index (χ3n) is 2.45. The van der Waals surface area contributed by atoms with Gasteiger partial charge in [0, 0.05) is 18.2 Å². The van der Waals surface area contributed by atoms with E-state index in [1.165, 1.54) is 25.2 Å². The molecule has 1 aliphatic heterocycles. The van der Waals surface area contributed by atoms with Crippen LogP contribution in [-0.4, -0.2) is 19.1 Å². The summed E-state index contributed by atoms with van der Waals surface area (Å²) in [6, 6.07) is 5.19. The zero-order valence-electron chi connectivity index (χ0n) is 8.75. The second kappa shape index (κ2) is 3.54. The first-order chi connectivity index (χ1) is 7.90. The van der Waals surface area contributed by atoms with Crippen LogP contribution in [0.4, 0.5) is 13.2 Å². The number of carbonyl (C=O) groups is 1. The van der Waals surface area contributed by atoms with Crippen molar-refractivity contribution in [2.45, 2.75) is 11.8 Å². The fraction of sp³-hybridized carbons (Fsp3) is 0.300. The van der Waals surface area contributed by atoms with Gasteiger partial charge in [-0.3, -0.25) is 4.79 Å². The summed E-state index contributed by atoms with van der Waals surface area (Å²) in [4.78, 5) is 11.3. The van der Waals surface area contributed by atoms with Crippen LogP contribution in [-0.2, 0) is 5.66 Å². The average Bonchev–Trinajstić information content (AvgIpc) is 3.08. The Kier molecular flexibility index (Phi) is 2.41. The molecule has 0 bridgehead atoms. The molecular formula is C10H8F3N3O. The Morgan fingerprint density at radius 3 is 2.47 bits per heavy atom. The molecule has 0 radical (unpaired) electrons. The van der Waals surface area contributed by atoms with Gasteiger partial charge in [0.1, 0.15) is 0 Å². The van der Waals surface area contributed by atoms with E-state index in [1.54, 1.807) is 0 Å². The van der Waals surface area contributed by atoms with Gasteiger partial charge in [0.15, 0.2) is 0 Å². The van der Waals surface area contributed by atoms with Gasteiger partial charge in [0.2, 0.25) is 0 Å². The van der Waals surface area contributed by atoms with Crippen molar-refractivity contribution in [3.8, 4) is 0 Å². The Bertz CT molecular complexity index is 490. The lowest BCUT2D eigenvalue weighted by atomic mass is 10.0. The van der Waals surface area contributed by atoms with Crippen molar-refractivity contribution in [3.63, 3.8) is 0 Å². The van der Waals surface area contributed by atoms with Gasteiger partial charge in [-0.2, -0.15) is 13.2 Å². The lowest BCUT2D eigenvalue weighted by Gasteiger charge is -2.15. The van der Waals surface area contributed by atoms with Crippen molar-refractivity contribution < 1.29 is 18.0 Å². The second-order valence-electron chi connectivity index (χ2n) is 3.53. The Labute approximate surface area is 94.5 Å². The summed E-state index contributed by atoms with van der Waals surface area (Å²) in [5.41, 5.74) is -2.48. The Balaban J connectivity index is 2.38. The van der Waals surface area contributed by atoms with Gasteiger partial charge < -0.3 is 5.32 Å². The van der Waals surface area contributed by atoms with Gasteiger partial charge in [0.25, 0.3) is 5.91 Å². The van der Waals surface area contributed by atoms with Gasteiger partial charge in [0.05, 0.1) is 0 Å². The maximum Gasteiger partial charge on any atom is 0.442 e. The highest BCUT2D eigenvalue weighted by Gasteiger charge is 2.65. The van der Waals surface area contributed by atoms with Crippen molar-refractivity contribution in [2.75, 3.05) is 7.05 Å². The minimum absolute atomic E-state index is 0.144. The van der Waals surface area contributed by atoms with Crippen LogP contribution < -0.4 is 5.32 Å². The fourth-order valence-corrected chi connectivity index (χ4v) is 1.46. The van der Waals surface area contributed by atoms with E-state index in [2.05, 4.69) is 15.5 Å². The fourth-order valence-electron chi connectivity index (χ4n) is 1.46. The molecule has 0 spiro atoms. The molecule has 0 saturated heterocycles. The molecule has 4 nitrogen and oxygen atoms in total. The summed E-state index contributed by atoms with van der Waals surface area (Å²) in [5, 5.41) is 8.48. The highest BCUT2D eigenvalue weighted by Crippen LogP contribution is 2.52. The van der Waals surface area contributed by atoms with Crippen LogP contribution in [0, 0.1) is 0 Å². The quantitative estimate of drug-likeness (QED) is 0.850. The van der Waals surface area contributed by atoms with Crippen LogP contribution >= 0.6 is 0 Å². The van der Waals surface area contributed by atoms with Crippen molar-refractivity contribution in [1.29, 1.82) is 0 Å². The number of halogens is 3. The largest absolute Gasteiger partial charge is 0.442 e. The first kappa shape index (κ1) is 11.6. The second-order valence-corrected chi connectivity index (χ2v) is 3.53. The van der Waals surface area contributed by atoms with Gasteiger partial charge in [-0.05, 0) is 12.1 Å². The molecule has 0 unspecified atom stereocenters. The third kappa shape index (κ3) is 1.77. The van der Waals surface area contributed by atoms with Crippen molar-refractivity contribution in [2.24, 2.45) is 10.2 Å². The highest BCUT2D eigenvalue weighted by atomic mass is 19.4. The number of rotatable bonds is 2. The molecule has 1 amide bonds. The van der Waals surface area contributed by atoms with Crippen molar-refractivity contribution in [1.82, 2.24) is 5.32 Å². The van der Waals surface area contributed by atoms with E-state index in [0.29, 0.717) is 0 Å². The molecule has 0 aromatic heterocycles. The van der Waals surface area contributed by atoms with Gasteiger partial charge in [-0.25, -0.2) is 0 Å². The summed E-state index contributed by atoms with van der Waals surface area (Å²) in [5.74, 6) is -0.454. The minimum Gasteiger partial charge on any atom is -0.355 e. The molecule has 7 heteroatoms. The lowest BCUT2D eigenvalue weighted by molar-refractivity contribution is -0.166. The molecule has 0 saturated carbocycles. The molecule has 17 heavy (non-hydrogen) atoms. The van der Waals surface area contributed by atoms with E-state index < -0.39 is 17.7 Å². The molecule has 1 aliphatic rings. The first-order valence-electron chi connectivity index (χ1n) is 4.74. The van der Waals surface area contributed by atoms with Crippen LogP contribution in [0.2, 0.25) is 0 Å². The summed E-state index contributed by atoms with van der Waals surface area (Å²) in [6.45, 7) is 0. The number of alkyl halides is 3. The smallest absolute Gasteiger partial charge is 0.355 e. The number of nitrogens with zero attached hydrogens (tertiary/aromatic N) is 2. The number of carbonyl (C=O) groups excluding carboxylic acids is 1. The Morgan fingerprint density at radius 1 is 1.35 bits per heavy atom. The summed E-state index contributed by atoms with van der Waals surface area (Å²) >= 11 is 0. The topological polar surface area (TPSA) is 53.8 Å². The van der Waals surface area contributed by atoms with Gasteiger partial charge in [-0.1, -0.05) is 12.1 Å². The van der Waals surface area contributed by atoms with Crippen LogP contribution in [0.5, 0.6) is 0 Å². The van der Waals surface area contributed by atoms with E-state index >= 15 is 0 Å². The summed E-state index contributed by atoms with van der Waals surface area (Å²) < 4.78 is 38.1. The molecule has 2 rings (SSSR count). The Hall–Kier alpha value is -1.92. The van der Waals surface area contributed by atoms with E-state index in [-0.39, 0.29) is 11.1 Å². The van der Waals surface area contributed by atoms with Crippen LogP contribution in [0.15, 0.2) is 34.5 Å². The normalized spacial score (nSPS) is 16.7. The van der Waals surface area contributed by atoms with Gasteiger partial charge >= 0.3 is 11.8 Å². The average molecular weight is 243 g/mol. The van der Waals surface area contributed by atoms with Crippen LogP contribution in [0.3, 0.4) is 0 Å². The molecule has 0 fully saturated rings. The molecular weight excluding hydrogens is 235 g/mol. The molecule has 0 atom stereocenters. The summed E-state index contributed by atoms with van der Waals surface area (Å²) in [6.07, 6.45) is -4.58. The first-order valence-corrected chi connectivity index (χ1v) is 4.74. The lowest BCUT2D eigenvalue weighted by Crippen LogP contribution is -2.30. The highest BCUT2D eigenvalue weighted by molar-refractivity contribution is 5.94. The Morgan fingerprint density at radius 2 is 2.00 bits per heavy atom. The molecule has 0 aliphatic carbocycles.